The second-order valence-electron chi connectivity index (χ2n) is 10.3. The molecule has 0 N–H and O–H groups in total. The van der Waals surface area contributed by atoms with Crippen molar-refractivity contribution in [3.8, 4) is 0 Å². The molecule has 0 unspecified atom stereocenters. The Balaban J connectivity index is 1.44. The number of imide groups is 1. The highest BCUT2D eigenvalue weighted by Gasteiger charge is 2.65. The van der Waals surface area contributed by atoms with Crippen LogP contribution in [-0.2, 0) is 23.7 Å². The normalized spacial score (nSPS) is 24.3. The van der Waals surface area contributed by atoms with E-state index in [1.54, 1.807) is 74.5 Å². The van der Waals surface area contributed by atoms with Crippen molar-refractivity contribution < 1.29 is 37.7 Å². The summed E-state index contributed by atoms with van der Waals surface area (Å²) in [4.78, 5) is 52.9. The molecular formula is C29H26FN5O7. The van der Waals surface area contributed by atoms with E-state index < -0.39 is 54.5 Å². The summed E-state index contributed by atoms with van der Waals surface area (Å²) < 4.78 is 40.1. The zero-order valence-electron chi connectivity index (χ0n) is 22.8. The summed E-state index contributed by atoms with van der Waals surface area (Å²) in [6, 6.07) is 16.6. The maximum absolute atomic E-state index is 16.1. The molecule has 2 amide bonds. The minimum atomic E-state index is -2.54. The molecule has 2 aromatic heterocycles. The SMILES string of the molecule is CC(=O)OC[C@]1(F)O[C@@H](n2cnc3c(N(C(=O)c4ccccc4)C(=O)c4ccccc4)ncnc32)[C@@H]2OC(C)(C)O[C@@H]21. The number of ether oxygens (including phenoxy) is 4. The van der Waals surface area contributed by atoms with Gasteiger partial charge in [-0.3, -0.25) is 19.0 Å². The van der Waals surface area contributed by atoms with Gasteiger partial charge in [0.1, 0.15) is 12.4 Å². The van der Waals surface area contributed by atoms with Crippen molar-refractivity contribution in [1.82, 2.24) is 19.5 Å². The number of rotatable bonds is 6. The van der Waals surface area contributed by atoms with E-state index in [0.717, 1.165) is 11.8 Å². The average Bonchev–Trinajstić information content (AvgIpc) is 3.63. The lowest BCUT2D eigenvalue weighted by atomic mass is 10.1. The van der Waals surface area contributed by atoms with E-state index in [9.17, 15) is 14.4 Å². The number of halogens is 1. The average molecular weight is 576 g/mol. The molecule has 0 spiro atoms. The van der Waals surface area contributed by atoms with Crippen molar-refractivity contribution in [3.05, 3.63) is 84.4 Å². The smallest absolute Gasteiger partial charge is 0.302 e. The Morgan fingerprint density at radius 1 is 0.929 bits per heavy atom. The van der Waals surface area contributed by atoms with Gasteiger partial charge in [-0.25, -0.2) is 24.2 Å². The minimum Gasteiger partial charge on any atom is -0.460 e. The Morgan fingerprint density at radius 3 is 2.14 bits per heavy atom. The number of alkyl halides is 1. The number of carbonyl (C=O) groups is 3. The number of imidazole rings is 1. The Labute approximate surface area is 239 Å². The number of anilines is 1. The molecule has 0 aliphatic carbocycles. The number of hydrogen-bond donors (Lipinski definition) is 0. The fourth-order valence-electron chi connectivity index (χ4n) is 5.09. The third-order valence-electron chi connectivity index (χ3n) is 6.90. The van der Waals surface area contributed by atoms with Crippen LogP contribution in [0.15, 0.2) is 73.3 Å². The van der Waals surface area contributed by atoms with Crippen LogP contribution in [0.5, 0.6) is 0 Å². The molecule has 2 aliphatic rings. The van der Waals surface area contributed by atoms with Crippen LogP contribution in [-0.4, -0.2) is 67.8 Å². The van der Waals surface area contributed by atoms with Crippen LogP contribution in [0.4, 0.5) is 10.2 Å². The van der Waals surface area contributed by atoms with Crippen LogP contribution in [0.2, 0.25) is 0 Å². The highest BCUT2D eigenvalue weighted by Crippen LogP contribution is 2.49. The highest BCUT2D eigenvalue weighted by atomic mass is 19.2. The monoisotopic (exact) mass is 575 g/mol. The second kappa shape index (κ2) is 10.4. The van der Waals surface area contributed by atoms with Crippen LogP contribution in [0, 0.1) is 0 Å². The summed E-state index contributed by atoms with van der Waals surface area (Å²) in [6.07, 6.45) is -0.887. The van der Waals surface area contributed by atoms with Gasteiger partial charge >= 0.3 is 5.97 Å². The van der Waals surface area contributed by atoms with E-state index >= 15 is 4.39 Å². The van der Waals surface area contributed by atoms with Crippen LogP contribution in [0.1, 0.15) is 47.7 Å². The predicted molar refractivity (Wildman–Crippen MR) is 144 cm³/mol. The summed E-state index contributed by atoms with van der Waals surface area (Å²) in [5.74, 6) is -5.73. The predicted octanol–water partition coefficient (Wildman–Crippen LogP) is 3.59. The largest absolute Gasteiger partial charge is 0.460 e. The molecule has 6 rings (SSSR count). The van der Waals surface area contributed by atoms with Gasteiger partial charge in [-0.15, -0.1) is 0 Å². The summed E-state index contributed by atoms with van der Waals surface area (Å²) in [5.41, 5.74) is 0.726. The number of benzene rings is 2. The Kier molecular flexibility index (Phi) is 6.80. The molecule has 0 saturated carbocycles. The van der Waals surface area contributed by atoms with Crippen LogP contribution < -0.4 is 4.90 Å². The number of carbonyl (C=O) groups excluding carboxylic acids is 3. The number of hydrogen-bond acceptors (Lipinski definition) is 10. The fourth-order valence-corrected chi connectivity index (χ4v) is 5.09. The first-order chi connectivity index (χ1) is 20.1. The molecule has 2 aliphatic heterocycles. The van der Waals surface area contributed by atoms with Crippen LogP contribution in [0.3, 0.4) is 0 Å². The van der Waals surface area contributed by atoms with Crippen molar-refractivity contribution in [3.63, 3.8) is 0 Å². The number of fused-ring (bicyclic) bond motifs is 2. The maximum Gasteiger partial charge on any atom is 0.302 e. The Hall–Kier alpha value is -4.59. The molecule has 216 valence electrons. The molecule has 4 aromatic rings. The standard InChI is InChI=1S/C29H26FN5O7/c1-17(36)39-14-29(30)22-21(40-28(2,3)41-22)27(42-29)34-16-33-20-23(34)31-15-32-24(20)35(25(37)18-10-6-4-7-11-18)26(38)19-12-8-5-9-13-19/h4-13,15-16,21-22,27H,14H2,1-3H3/t21-,22+,27-,29+/m1/s1. The third kappa shape index (κ3) is 4.81. The molecule has 2 fully saturated rings. The van der Waals surface area contributed by atoms with E-state index in [0.29, 0.717) is 0 Å². The van der Waals surface area contributed by atoms with Gasteiger partial charge in [-0.05, 0) is 38.1 Å². The van der Waals surface area contributed by atoms with Gasteiger partial charge in [0.2, 0.25) is 0 Å². The molecule has 42 heavy (non-hydrogen) atoms. The number of esters is 1. The maximum atomic E-state index is 16.1. The molecule has 2 aromatic carbocycles. The van der Waals surface area contributed by atoms with Crippen molar-refractivity contribution in [1.29, 1.82) is 0 Å². The molecular weight excluding hydrogens is 549 g/mol. The van der Waals surface area contributed by atoms with Crippen molar-refractivity contribution in [2.75, 3.05) is 11.5 Å². The van der Waals surface area contributed by atoms with E-state index in [-0.39, 0.29) is 28.1 Å². The van der Waals surface area contributed by atoms with E-state index in [2.05, 4.69) is 15.0 Å². The van der Waals surface area contributed by atoms with Gasteiger partial charge in [0.05, 0.1) is 6.33 Å². The van der Waals surface area contributed by atoms with E-state index in [4.69, 9.17) is 18.9 Å². The van der Waals surface area contributed by atoms with Gasteiger partial charge in [-0.2, -0.15) is 0 Å². The first-order valence-corrected chi connectivity index (χ1v) is 13.1. The third-order valence-corrected chi connectivity index (χ3v) is 6.90. The highest BCUT2D eigenvalue weighted by molar-refractivity contribution is 6.27. The van der Waals surface area contributed by atoms with Crippen molar-refractivity contribution in [2.24, 2.45) is 0 Å². The lowest BCUT2D eigenvalue weighted by Crippen LogP contribution is -2.43. The first kappa shape index (κ1) is 27.6. The Bertz CT molecular complexity index is 1610. The molecule has 4 heterocycles. The van der Waals surface area contributed by atoms with Crippen LogP contribution in [0.25, 0.3) is 11.2 Å². The van der Waals surface area contributed by atoms with E-state index in [1.165, 1.54) is 17.2 Å². The zero-order chi connectivity index (χ0) is 29.6. The lowest BCUT2D eigenvalue weighted by molar-refractivity contribution is -0.266. The lowest BCUT2D eigenvalue weighted by Gasteiger charge is -2.28. The first-order valence-electron chi connectivity index (χ1n) is 13.1. The summed E-state index contributed by atoms with van der Waals surface area (Å²) in [5, 5.41) is 0. The number of aromatic nitrogens is 4. The summed E-state index contributed by atoms with van der Waals surface area (Å²) in [7, 11) is 0. The number of amides is 2. The van der Waals surface area contributed by atoms with Gasteiger partial charge in [0, 0.05) is 18.1 Å². The number of nitrogens with zero attached hydrogens (tertiary/aromatic N) is 5. The van der Waals surface area contributed by atoms with Gasteiger partial charge < -0.3 is 18.9 Å². The molecule has 0 radical (unpaired) electrons. The molecule has 13 heteroatoms. The van der Waals surface area contributed by atoms with Crippen LogP contribution >= 0.6 is 0 Å². The van der Waals surface area contributed by atoms with Gasteiger partial charge in [0.15, 0.2) is 41.7 Å². The van der Waals surface area contributed by atoms with Gasteiger partial charge in [0.25, 0.3) is 17.7 Å². The molecule has 4 atom stereocenters. The molecule has 0 bridgehead atoms. The quantitative estimate of drug-likeness (QED) is 0.248. The van der Waals surface area contributed by atoms with Crippen molar-refractivity contribution >= 4 is 34.8 Å². The van der Waals surface area contributed by atoms with E-state index in [1.807, 2.05) is 0 Å². The second-order valence-corrected chi connectivity index (χ2v) is 10.3. The molecule has 2 saturated heterocycles. The fraction of sp³-hybridized carbons (Fsp3) is 0.310. The Morgan fingerprint density at radius 2 is 1.55 bits per heavy atom. The zero-order valence-corrected chi connectivity index (χ0v) is 22.8. The summed E-state index contributed by atoms with van der Waals surface area (Å²) in [6.45, 7) is 3.69. The van der Waals surface area contributed by atoms with Gasteiger partial charge in [-0.1, -0.05) is 36.4 Å². The minimum absolute atomic E-state index is 0.0775. The summed E-state index contributed by atoms with van der Waals surface area (Å²) >= 11 is 0. The topological polar surface area (TPSA) is 135 Å². The molecule has 12 nitrogen and oxygen atoms in total. The van der Waals surface area contributed by atoms with Crippen molar-refractivity contribution in [2.45, 2.75) is 50.8 Å².